The van der Waals surface area contributed by atoms with E-state index in [9.17, 15) is 0 Å². The Morgan fingerprint density at radius 3 is 3.12 bits per heavy atom. The lowest BCUT2D eigenvalue weighted by molar-refractivity contribution is 0.212. The van der Waals surface area contributed by atoms with Gasteiger partial charge in [-0.25, -0.2) is 0 Å². The second-order valence-corrected chi connectivity index (χ2v) is 2.16. The highest BCUT2D eigenvalue weighted by Crippen LogP contribution is 2.03. The van der Waals surface area contributed by atoms with Gasteiger partial charge in [-0.2, -0.15) is 0 Å². The fourth-order valence-corrected chi connectivity index (χ4v) is 1.04. The van der Waals surface area contributed by atoms with Crippen molar-refractivity contribution in [2.45, 2.75) is 18.9 Å². The average molecular weight is 114 g/mol. The van der Waals surface area contributed by atoms with E-state index in [1.165, 1.54) is 12.8 Å². The molecule has 8 heavy (non-hydrogen) atoms. The van der Waals surface area contributed by atoms with Crippen LogP contribution in [-0.2, 0) is 4.74 Å². The van der Waals surface area contributed by atoms with E-state index in [1.807, 2.05) is 0 Å². The Morgan fingerprint density at radius 1 is 1.75 bits per heavy atom. The number of hydrogen-bond acceptors (Lipinski definition) is 2. The third-order valence-corrected chi connectivity index (χ3v) is 1.48. The maximum absolute atomic E-state index is 4.71. The summed E-state index contributed by atoms with van der Waals surface area (Å²) in [7, 11) is 3.31. The summed E-state index contributed by atoms with van der Waals surface area (Å²) in [4.78, 5) is 0. The van der Waals surface area contributed by atoms with Crippen LogP contribution in [0.5, 0.6) is 0 Å². The van der Waals surface area contributed by atoms with Gasteiger partial charge in [-0.15, -0.1) is 0 Å². The summed E-state index contributed by atoms with van der Waals surface area (Å²) in [6.45, 7) is 1.91. The molecule has 1 atom stereocenters. The molecule has 0 amide bonds. The van der Waals surface area contributed by atoms with Crippen LogP contribution in [0.15, 0.2) is 0 Å². The molecule has 2 nitrogen and oxygen atoms in total. The van der Waals surface area contributed by atoms with E-state index >= 15 is 0 Å². The largest absolute Gasteiger partial charge is 0.377 e. The van der Waals surface area contributed by atoms with Gasteiger partial charge in [-0.1, -0.05) is 0 Å². The van der Waals surface area contributed by atoms with E-state index < -0.39 is 0 Å². The van der Waals surface area contributed by atoms with Crippen molar-refractivity contribution in [1.82, 2.24) is 5.32 Å². The van der Waals surface area contributed by atoms with Crippen LogP contribution in [0.4, 0.5) is 0 Å². The number of hydrogen-bond donors (Lipinski definition) is 1. The monoisotopic (exact) mass is 114 g/mol. The maximum atomic E-state index is 4.71. The Balaban J connectivity index is 2.06. The van der Waals surface area contributed by atoms with Crippen LogP contribution in [-0.4, -0.2) is 19.2 Å². The van der Waals surface area contributed by atoms with Crippen molar-refractivity contribution in [1.29, 1.82) is 0 Å². The highest BCUT2D eigenvalue weighted by molar-refractivity contribution is 4.72. The van der Waals surface area contributed by atoms with Gasteiger partial charge in [0.05, 0.1) is 13.7 Å². The second-order valence-electron chi connectivity index (χ2n) is 2.16. The van der Waals surface area contributed by atoms with Crippen LogP contribution >= 0.6 is 0 Å². The number of nitrogens with one attached hydrogen (secondary N) is 1. The minimum atomic E-state index is 0.576. The van der Waals surface area contributed by atoms with Crippen LogP contribution in [0, 0.1) is 7.11 Å². The first-order chi connectivity index (χ1) is 3.93. The van der Waals surface area contributed by atoms with E-state index in [4.69, 9.17) is 4.74 Å². The Morgan fingerprint density at radius 2 is 2.62 bits per heavy atom. The molecule has 0 aromatic carbocycles. The van der Waals surface area contributed by atoms with Crippen molar-refractivity contribution in [3.63, 3.8) is 0 Å². The Hall–Kier alpha value is -0.0800. The van der Waals surface area contributed by atoms with E-state index in [-0.39, 0.29) is 0 Å². The Bertz CT molecular complexity index is 59.5. The molecule has 1 N–H and O–H groups in total. The molecule has 0 aromatic rings. The van der Waals surface area contributed by atoms with Crippen LogP contribution in [0.3, 0.4) is 0 Å². The topological polar surface area (TPSA) is 21.3 Å². The van der Waals surface area contributed by atoms with Gasteiger partial charge in [-0.3, -0.25) is 0 Å². The smallest absolute Gasteiger partial charge is 0.0701 e. The van der Waals surface area contributed by atoms with Crippen LogP contribution in [0.1, 0.15) is 12.8 Å². The zero-order valence-electron chi connectivity index (χ0n) is 5.02. The Kier molecular flexibility index (Phi) is 2.30. The quantitative estimate of drug-likeness (QED) is 0.566. The van der Waals surface area contributed by atoms with Crippen molar-refractivity contribution >= 4 is 0 Å². The molecule has 1 heterocycles. The van der Waals surface area contributed by atoms with E-state index in [1.54, 1.807) is 0 Å². The van der Waals surface area contributed by atoms with Crippen molar-refractivity contribution < 1.29 is 4.74 Å². The number of rotatable bonds is 2. The zero-order chi connectivity index (χ0) is 5.82. The highest BCUT2D eigenvalue weighted by atomic mass is 16.5. The van der Waals surface area contributed by atoms with Crippen LogP contribution in [0.25, 0.3) is 0 Å². The van der Waals surface area contributed by atoms with Gasteiger partial charge in [0.2, 0.25) is 0 Å². The molecule has 1 aliphatic heterocycles. The van der Waals surface area contributed by atoms with Gasteiger partial charge in [0.1, 0.15) is 0 Å². The molecule has 0 bridgehead atoms. The van der Waals surface area contributed by atoms with Crippen molar-refractivity contribution in [3.8, 4) is 0 Å². The van der Waals surface area contributed by atoms with E-state index in [0.717, 1.165) is 13.2 Å². The van der Waals surface area contributed by atoms with Gasteiger partial charge in [0, 0.05) is 6.04 Å². The molecule has 1 aliphatic rings. The summed E-state index contributed by atoms with van der Waals surface area (Å²) in [5.74, 6) is 0. The third kappa shape index (κ3) is 1.46. The third-order valence-electron chi connectivity index (χ3n) is 1.48. The predicted molar refractivity (Wildman–Crippen MR) is 32.3 cm³/mol. The molecule has 47 valence electrons. The molecule has 1 fully saturated rings. The molecular formula is C6H12NO. The molecule has 2 heteroatoms. The normalized spacial score (nSPS) is 28.9. The van der Waals surface area contributed by atoms with Gasteiger partial charge in [-0.05, 0) is 19.4 Å². The lowest BCUT2D eigenvalue weighted by Crippen LogP contribution is -2.25. The molecule has 0 spiro atoms. The highest BCUT2D eigenvalue weighted by Gasteiger charge is 2.12. The lowest BCUT2D eigenvalue weighted by atomic mass is 10.2. The summed E-state index contributed by atoms with van der Waals surface area (Å²) in [5, 5.41) is 3.29. The minimum absolute atomic E-state index is 0.576. The summed E-state index contributed by atoms with van der Waals surface area (Å²) in [6.07, 6.45) is 2.53. The van der Waals surface area contributed by atoms with Crippen molar-refractivity contribution in [2.24, 2.45) is 0 Å². The molecule has 1 radical (unpaired) electrons. The molecule has 0 unspecified atom stereocenters. The summed E-state index contributed by atoms with van der Waals surface area (Å²) >= 11 is 0. The molecule has 0 saturated carbocycles. The van der Waals surface area contributed by atoms with Gasteiger partial charge >= 0.3 is 0 Å². The predicted octanol–water partition coefficient (Wildman–Crippen LogP) is 0.547. The fraction of sp³-hybridized carbons (Fsp3) is 0.833. The summed E-state index contributed by atoms with van der Waals surface area (Å²) < 4.78 is 4.71. The SMILES string of the molecule is [CH2]OC[C@H]1CCCN1. The zero-order valence-corrected chi connectivity index (χ0v) is 5.02. The van der Waals surface area contributed by atoms with Crippen LogP contribution in [0.2, 0.25) is 0 Å². The van der Waals surface area contributed by atoms with Gasteiger partial charge < -0.3 is 10.1 Å². The first-order valence-electron chi connectivity index (χ1n) is 3.04. The Labute approximate surface area is 50.2 Å². The first kappa shape index (κ1) is 6.05. The van der Waals surface area contributed by atoms with E-state index in [2.05, 4.69) is 12.4 Å². The first-order valence-corrected chi connectivity index (χ1v) is 3.04. The second kappa shape index (κ2) is 3.05. The molecule has 0 aromatic heterocycles. The van der Waals surface area contributed by atoms with Crippen molar-refractivity contribution in [3.05, 3.63) is 7.11 Å². The standard InChI is InChI=1S/C6H12NO/c1-8-5-6-3-2-4-7-6/h6-7H,1-5H2/t6-/m1/s1. The fourth-order valence-electron chi connectivity index (χ4n) is 1.04. The van der Waals surface area contributed by atoms with Gasteiger partial charge in [0.25, 0.3) is 0 Å². The summed E-state index contributed by atoms with van der Waals surface area (Å²) in [6, 6.07) is 0.576. The van der Waals surface area contributed by atoms with Crippen molar-refractivity contribution in [2.75, 3.05) is 13.2 Å². The van der Waals surface area contributed by atoms with Crippen LogP contribution < -0.4 is 5.32 Å². The molecule has 0 aliphatic carbocycles. The molecule has 1 rings (SSSR count). The average Bonchev–Trinajstić information content (AvgIpc) is 2.19. The maximum Gasteiger partial charge on any atom is 0.0701 e. The number of ether oxygens (including phenoxy) is 1. The summed E-state index contributed by atoms with van der Waals surface area (Å²) in [5.41, 5.74) is 0. The molecule has 1 saturated heterocycles. The minimum Gasteiger partial charge on any atom is -0.377 e. The lowest BCUT2D eigenvalue weighted by Gasteiger charge is -2.05. The molecular weight excluding hydrogens is 102 g/mol. The van der Waals surface area contributed by atoms with Gasteiger partial charge in [0.15, 0.2) is 0 Å². The van der Waals surface area contributed by atoms with E-state index in [0.29, 0.717) is 6.04 Å².